The lowest BCUT2D eigenvalue weighted by atomic mass is 10.0. The fraction of sp³-hybridized carbons (Fsp3) is 0.226. The number of hydrogen-bond acceptors (Lipinski definition) is 7. The number of amidine groups is 1. The van der Waals surface area contributed by atoms with E-state index in [1.165, 1.54) is 29.4 Å². The van der Waals surface area contributed by atoms with E-state index in [0.29, 0.717) is 11.3 Å². The van der Waals surface area contributed by atoms with Crippen LogP contribution in [0.3, 0.4) is 0 Å². The molecule has 1 aliphatic heterocycles. The largest absolute Gasteiger partial charge is 0.497 e. The highest BCUT2D eigenvalue weighted by atomic mass is 16.6. The van der Waals surface area contributed by atoms with Crippen molar-refractivity contribution in [2.75, 3.05) is 13.6 Å². The predicted molar refractivity (Wildman–Crippen MR) is 151 cm³/mol. The van der Waals surface area contributed by atoms with Crippen molar-refractivity contribution in [3.63, 3.8) is 0 Å². The van der Waals surface area contributed by atoms with Crippen LogP contribution in [0.5, 0.6) is 5.75 Å². The van der Waals surface area contributed by atoms with Crippen molar-refractivity contribution in [3.05, 3.63) is 96.8 Å². The molecule has 9 nitrogen and oxygen atoms in total. The van der Waals surface area contributed by atoms with Gasteiger partial charge < -0.3 is 24.3 Å². The number of esters is 1. The second kappa shape index (κ2) is 11.5. The van der Waals surface area contributed by atoms with Crippen LogP contribution in [0.25, 0.3) is 11.1 Å². The van der Waals surface area contributed by atoms with Gasteiger partial charge in [0.15, 0.2) is 0 Å². The molecule has 0 saturated carbocycles. The van der Waals surface area contributed by atoms with Crippen molar-refractivity contribution in [1.82, 2.24) is 9.38 Å². The van der Waals surface area contributed by atoms with Gasteiger partial charge in [-0.1, -0.05) is 42.5 Å². The summed E-state index contributed by atoms with van der Waals surface area (Å²) in [6.45, 7) is 5.49. The lowest BCUT2D eigenvalue weighted by molar-refractivity contribution is -0.257. The van der Waals surface area contributed by atoms with Crippen molar-refractivity contribution >= 4 is 29.7 Å². The van der Waals surface area contributed by atoms with Crippen LogP contribution in [-0.2, 0) is 4.74 Å². The molecule has 0 radical (unpaired) electrons. The minimum absolute atomic E-state index is 0.159. The second-order valence-corrected chi connectivity index (χ2v) is 10.3. The van der Waals surface area contributed by atoms with E-state index in [9.17, 15) is 19.5 Å². The van der Waals surface area contributed by atoms with E-state index in [4.69, 9.17) is 9.47 Å². The SMILES string of the molecule is CN(CCC1=NC=C[N+]1(C(=O)[O-])c1ccc(OC(=O)c2ccc(-c3ccccc3)cc2)cc1)C(=O)OC(C)(C)C. The van der Waals surface area contributed by atoms with Crippen molar-refractivity contribution in [2.24, 2.45) is 4.99 Å². The number of rotatable bonds is 7. The molecule has 3 aromatic carbocycles. The van der Waals surface area contributed by atoms with Gasteiger partial charge in [-0.3, -0.25) is 0 Å². The van der Waals surface area contributed by atoms with E-state index in [-0.39, 0.29) is 24.6 Å². The van der Waals surface area contributed by atoms with Gasteiger partial charge in [0.1, 0.15) is 23.2 Å². The van der Waals surface area contributed by atoms with E-state index in [1.807, 2.05) is 42.5 Å². The van der Waals surface area contributed by atoms with E-state index in [2.05, 4.69) is 4.99 Å². The lowest BCUT2D eigenvalue weighted by Crippen LogP contribution is -2.59. The maximum absolute atomic E-state index is 12.7. The molecular weight excluding hydrogens is 510 g/mol. The molecule has 1 aliphatic rings. The Hall–Kier alpha value is -4.76. The maximum atomic E-state index is 12.7. The quantitative estimate of drug-likeness (QED) is 0.226. The van der Waals surface area contributed by atoms with Crippen LogP contribution in [0.1, 0.15) is 37.6 Å². The van der Waals surface area contributed by atoms with Crippen LogP contribution in [-0.4, -0.2) is 48.1 Å². The summed E-state index contributed by atoms with van der Waals surface area (Å²) < 4.78 is 10.1. The summed E-state index contributed by atoms with van der Waals surface area (Å²) in [7, 11) is 1.57. The third-order valence-electron chi connectivity index (χ3n) is 6.27. The van der Waals surface area contributed by atoms with Crippen LogP contribution in [0.4, 0.5) is 15.3 Å². The molecule has 9 heteroatoms. The average molecular weight is 542 g/mol. The van der Waals surface area contributed by atoms with Gasteiger partial charge in [0.25, 0.3) is 6.09 Å². The van der Waals surface area contributed by atoms with Gasteiger partial charge in [0.05, 0.1) is 18.2 Å². The van der Waals surface area contributed by atoms with E-state index >= 15 is 0 Å². The molecule has 0 aliphatic carbocycles. The number of carbonyl (C=O) groups is 3. The van der Waals surface area contributed by atoms with Crippen molar-refractivity contribution in [1.29, 1.82) is 0 Å². The first-order valence-corrected chi connectivity index (χ1v) is 12.8. The normalized spacial score (nSPS) is 16.2. The molecule has 1 heterocycles. The molecule has 40 heavy (non-hydrogen) atoms. The predicted octanol–water partition coefficient (Wildman–Crippen LogP) is 5.36. The Morgan fingerprint density at radius 2 is 1.52 bits per heavy atom. The van der Waals surface area contributed by atoms with Crippen molar-refractivity contribution < 1.29 is 29.0 Å². The van der Waals surface area contributed by atoms with Crippen LogP contribution in [0.2, 0.25) is 0 Å². The van der Waals surface area contributed by atoms with Crippen LogP contribution in [0.15, 0.2) is 96.3 Å². The van der Waals surface area contributed by atoms with Gasteiger partial charge >= 0.3 is 12.1 Å². The Kier molecular flexibility index (Phi) is 8.16. The summed E-state index contributed by atoms with van der Waals surface area (Å²) in [6.07, 6.45) is 1.02. The molecule has 2 amide bonds. The number of ether oxygens (including phenoxy) is 2. The van der Waals surface area contributed by atoms with Gasteiger partial charge in [-0.15, -0.1) is 0 Å². The van der Waals surface area contributed by atoms with Crippen LogP contribution < -0.4 is 14.3 Å². The topological polar surface area (TPSA) is 108 Å². The third-order valence-corrected chi connectivity index (χ3v) is 6.27. The highest BCUT2D eigenvalue weighted by Gasteiger charge is 2.41. The second-order valence-electron chi connectivity index (χ2n) is 10.3. The minimum atomic E-state index is -1.41. The fourth-order valence-electron chi connectivity index (χ4n) is 4.19. The average Bonchev–Trinajstić information content (AvgIpc) is 3.37. The number of carbonyl (C=O) groups excluding carboxylic acids is 3. The zero-order valence-corrected chi connectivity index (χ0v) is 22.9. The van der Waals surface area contributed by atoms with E-state index in [1.54, 1.807) is 52.1 Å². The molecule has 3 aromatic rings. The molecule has 0 saturated heterocycles. The maximum Gasteiger partial charge on any atom is 0.410 e. The summed E-state index contributed by atoms with van der Waals surface area (Å²) in [5.41, 5.74) is 2.08. The number of amides is 2. The van der Waals surface area contributed by atoms with Gasteiger partial charge in [-0.25, -0.2) is 14.6 Å². The monoisotopic (exact) mass is 541 g/mol. The molecule has 0 aromatic heterocycles. The number of aliphatic imine (C=N–C) groups is 1. The molecule has 0 spiro atoms. The molecule has 0 bridgehead atoms. The lowest BCUT2D eigenvalue weighted by Gasteiger charge is -2.32. The molecule has 4 rings (SSSR count). The summed E-state index contributed by atoms with van der Waals surface area (Å²) in [5.74, 6) is -0.0213. The Morgan fingerprint density at radius 3 is 2.12 bits per heavy atom. The van der Waals surface area contributed by atoms with Crippen molar-refractivity contribution in [2.45, 2.75) is 32.8 Å². The summed E-state index contributed by atoms with van der Waals surface area (Å²) in [5, 5.41) is 12.4. The first kappa shape index (κ1) is 28.3. The van der Waals surface area contributed by atoms with E-state index in [0.717, 1.165) is 11.1 Å². The van der Waals surface area contributed by atoms with Gasteiger partial charge in [0, 0.05) is 25.7 Å². The zero-order valence-electron chi connectivity index (χ0n) is 22.9. The Labute approximate surface area is 233 Å². The molecule has 0 N–H and O–H groups in total. The number of hydrogen-bond donors (Lipinski definition) is 0. The first-order chi connectivity index (χ1) is 19.0. The summed E-state index contributed by atoms with van der Waals surface area (Å²) in [6, 6.07) is 23.0. The Balaban J connectivity index is 1.44. The first-order valence-electron chi connectivity index (χ1n) is 12.8. The summed E-state index contributed by atoms with van der Waals surface area (Å²) >= 11 is 0. The molecule has 1 atom stereocenters. The summed E-state index contributed by atoms with van der Waals surface area (Å²) in [4.78, 5) is 43.1. The molecule has 0 fully saturated rings. The highest BCUT2D eigenvalue weighted by Crippen LogP contribution is 2.31. The number of nitrogens with zero attached hydrogens (tertiary/aromatic N) is 3. The fourth-order valence-corrected chi connectivity index (χ4v) is 4.19. The van der Waals surface area contributed by atoms with Crippen LogP contribution >= 0.6 is 0 Å². The van der Waals surface area contributed by atoms with Crippen LogP contribution in [0, 0.1) is 0 Å². The molecular formula is C31H31N3O6. The number of benzene rings is 3. The zero-order chi connectivity index (χ0) is 28.9. The van der Waals surface area contributed by atoms with Crippen molar-refractivity contribution in [3.8, 4) is 16.9 Å². The Bertz CT molecular complexity index is 1440. The minimum Gasteiger partial charge on any atom is -0.497 e. The number of quaternary nitrogens is 1. The number of carboxylic acid groups (broad SMARTS) is 1. The van der Waals surface area contributed by atoms with Gasteiger partial charge in [-0.05, 0) is 56.2 Å². The van der Waals surface area contributed by atoms with E-state index < -0.39 is 28.2 Å². The Morgan fingerprint density at radius 1 is 0.900 bits per heavy atom. The smallest absolute Gasteiger partial charge is 0.410 e. The van der Waals surface area contributed by atoms with Gasteiger partial charge in [0.2, 0.25) is 5.84 Å². The molecule has 206 valence electrons. The highest BCUT2D eigenvalue weighted by molar-refractivity contribution is 6.10. The standard InChI is InChI=1S/C31H31N3O6/c1-31(2,3)40-29(36)33(4)20-18-27-32-19-21-34(27,30(37)38)25-14-16-26(17-15-25)39-28(35)24-12-10-23(11-13-24)22-8-6-5-7-9-22/h5-17,19,21H,18,20H2,1-4H3. The van der Waals surface area contributed by atoms with Gasteiger partial charge in [-0.2, -0.15) is 4.48 Å². The molecule has 1 unspecified atom stereocenters. The third kappa shape index (κ3) is 6.27.